The van der Waals surface area contributed by atoms with Gasteiger partial charge in [0, 0.05) is 20.0 Å². The van der Waals surface area contributed by atoms with Gasteiger partial charge in [0.25, 0.3) is 0 Å². The van der Waals surface area contributed by atoms with Crippen molar-refractivity contribution in [1.82, 2.24) is 5.06 Å². The third kappa shape index (κ3) is 6.62. The summed E-state index contributed by atoms with van der Waals surface area (Å²) in [5.41, 5.74) is 0.222. The average molecular weight is 477 g/mol. The maximum atomic E-state index is 10.1. The Morgan fingerprint density at radius 2 is 1.22 bits per heavy atom. The molecular formula is C27H44NO2P2+. The highest BCUT2D eigenvalue weighted by molar-refractivity contribution is 8.32. The van der Waals surface area contributed by atoms with Crippen molar-refractivity contribution in [3.05, 3.63) is 60.7 Å². The summed E-state index contributed by atoms with van der Waals surface area (Å²) in [5, 5.41) is 14.5. The number of piperidine rings is 1. The van der Waals surface area contributed by atoms with E-state index in [1.807, 2.05) is 0 Å². The second-order valence-electron chi connectivity index (χ2n) is 10.7. The van der Waals surface area contributed by atoms with Crippen molar-refractivity contribution in [1.29, 1.82) is 0 Å². The summed E-state index contributed by atoms with van der Waals surface area (Å²) in [7, 11) is 3.17. The Bertz CT molecular complexity index is 765. The summed E-state index contributed by atoms with van der Waals surface area (Å²) in [4.78, 5) is 0. The summed E-state index contributed by atoms with van der Waals surface area (Å²) in [5.74, 6) is 0. The molecule has 1 saturated heterocycles. The fourth-order valence-corrected chi connectivity index (χ4v) is 8.61. The van der Waals surface area contributed by atoms with E-state index < -0.39 is 6.95 Å². The predicted octanol–water partition coefficient (Wildman–Crippen LogP) is 6.68. The van der Waals surface area contributed by atoms with Crippen LogP contribution in [0, 0.1) is 0 Å². The topological polar surface area (TPSA) is 32.7 Å². The van der Waals surface area contributed by atoms with Crippen molar-refractivity contribution in [2.24, 2.45) is 0 Å². The Kier molecular flexibility index (Phi) is 9.49. The SMILES string of the molecule is CC(C)OC1CC(C)(C)N(O)C(C)(C)C1.CC(C)[P+](P)(c1ccccc1)c1ccccc1. The molecule has 1 unspecified atom stereocenters. The quantitative estimate of drug-likeness (QED) is 0.489. The lowest BCUT2D eigenvalue weighted by molar-refractivity contribution is -0.263. The molecule has 0 aromatic heterocycles. The van der Waals surface area contributed by atoms with Crippen LogP contribution < -0.4 is 10.6 Å². The molecular weight excluding hydrogens is 432 g/mol. The highest BCUT2D eigenvalue weighted by Gasteiger charge is 2.45. The van der Waals surface area contributed by atoms with Gasteiger partial charge in [-0.2, -0.15) is 5.06 Å². The molecule has 5 heteroatoms. The monoisotopic (exact) mass is 476 g/mol. The molecule has 3 nitrogen and oxygen atoms in total. The first-order valence-electron chi connectivity index (χ1n) is 11.7. The summed E-state index contributed by atoms with van der Waals surface area (Å²) < 4.78 is 5.87. The Morgan fingerprint density at radius 1 is 0.844 bits per heavy atom. The van der Waals surface area contributed by atoms with Gasteiger partial charge in [-0.15, -0.1) is 0 Å². The smallest absolute Gasteiger partial charge is 0.101 e. The lowest BCUT2D eigenvalue weighted by Gasteiger charge is -2.51. The molecule has 2 aromatic rings. The molecule has 2 aromatic carbocycles. The molecule has 0 bridgehead atoms. The molecule has 178 valence electrons. The van der Waals surface area contributed by atoms with E-state index in [1.165, 1.54) is 15.7 Å². The zero-order valence-electron chi connectivity index (χ0n) is 21.2. The predicted molar refractivity (Wildman–Crippen MR) is 145 cm³/mol. The molecule has 1 heterocycles. The molecule has 1 N–H and O–H groups in total. The first-order chi connectivity index (χ1) is 14.8. The van der Waals surface area contributed by atoms with Crippen LogP contribution in [0.4, 0.5) is 0 Å². The minimum atomic E-state index is -1.33. The van der Waals surface area contributed by atoms with Crippen molar-refractivity contribution in [3.63, 3.8) is 0 Å². The fourth-order valence-electron chi connectivity index (χ4n) is 4.75. The van der Waals surface area contributed by atoms with Crippen LogP contribution in [0.3, 0.4) is 0 Å². The number of ether oxygens (including phenoxy) is 1. The zero-order valence-corrected chi connectivity index (χ0v) is 23.3. The van der Waals surface area contributed by atoms with Gasteiger partial charge in [-0.25, -0.2) is 0 Å². The highest BCUT2D eigenvalue weighted by Crippen LogP contribution is 2.67. The third-order valence-corrected chi connectivity index (χ3v) is 13.8. The summed E-state index contributed by atoms with van der Waals surface area (Å²) in [6, 6.07) is 21.8. The van der Waals surface area contributed by atoms with Crippen LogP contribution in [-0.2, 0) is 4.74 Å². The second-order valence-corrected chi connectivity index (χ2v) is 16.8. The Hall–Kier alpha value is -0.820. The van der Waals surface area contributed by atoms with E-state index in [0.717, 1.165) is 12.8 Å². The van der Waals surface area contributed by atoms with Gasteiger partial charge < -0.3 is 9.94 Å². The van der Waals surface area contributed by atoms with Crippen molar-refractivity contribution >= 4 is 26.5 Å². The third-order valence-electron chi connectivity index (χ3n) is 6.25. The minimum Gasteiger partial charge on any atom is -0.375 e. The van der Waals surface area contributed by atoms with E-state index in [1.54, 1.807) is 0 Å². The number of rotatable bonds is 5. The summed E-state index contributed by atoms with van der Waals surface area (Å²) in [6.07, 6.45) is 2.26. The normalized spacial score (nSPS) is 19.0. The molecule has 0 amide bonds. The minimum absolute atomic E-state index is 0.207. The molecule has 32 heavy (non-hydrogen) atoms. The van der Waals surface area contributed by atoms with Crippen LogP contribution in [0.1, 0.15) is 68.2 Å². The van der Waals surface area contributed by atoms with Crippen molar-refractivity contribution in [3.8, 4) is 0 Å². The first-order valence-corrected chi connectivity index (χ1v) is 15.2. The molecule has 3 rings (SSSR count). The Balaban J connectivity index is 0.000000229. The van der Waals surface area contributed by atoms with E-state index >= 15 is 0 Å². The van der Waals surface area contributed by atoms with E-state index in [9.17, 15) is 5.21 Å². The number of hydrogen-bond donors (Lipinski definition) is 1. The standard InChI is InChI=1S/C15H19P2.C12H25NO2/c1-13(2)17(16,14-9-5-3-6-10-14)15-11-7-4-8-12-15;1-9(2)15-10-7-11(3,4)13(14)12(5,6)8-10/h3-13H,16H2,1-2H3;9-10,14H,7-8H2,1-6H3/q+1;. The molecule has 1 aliphatic heterocycles. The molecule has 0 saturated carbocycles. The molecule has 0 aliphatic carbocycles. The Morgan fingerprint density at radius 3 is 1.53 bits per heavy atom. The highest BCUT2D eigenvalue weighted by atomic mass is 32.1. The average Bonchev–Trinajstić information content (AvgIpc) is 2.72. The van der Waals surface area contributed by atoms with Crippen LogP contribution in [0.15, 0.2) is 60.7 Å². The molecule has 0 spiro atoms. The fraction of sp³-hybridized carbons (Fsp3) is 0.556. The van der Waals surface area contributed by atoms with E-state index in [4.69, 9.17) is 4.74 Å². The van der Waals surface area contributed by atoms with Gasteiger partial charge in [-0.05, 0) is 92.5 Å². The first kappa shape index (κ1) is 27.4. The second kappa shape index (κ2) is 11.1. The molecule has 0 radical (unpaired) electrons. The van der Waals surface area contributed by atoms with Gasteiger partial charge >= 0.3 is 0 Å². The Labute approximate surface area is 199 Å². The number of benzene rings is 2. The lowest BCUT2D eigenvalue weighted by Crippen LogP contribution is -2.60. The molecule has 1 atom stereocenters. The van der Waals surface area contributed by atoms with Crippen LogP contribution in [-0.4, -0.2) is 39.2 Å². The number of hydroxylamine groups is 2. The van der Waals surface area contributed by atoms with Gasteiger partial charge in [0.15, 0.2) is 0 Å². The summed E-state index contributed by atoms with van der Waals surface area (Å²) >= 11 is 0. The maximum absolute atomic E-state index is 10.1. The van der Waals surface area contributed by atoms with Gasteiger partial charge in [-0.3, -0.25) is 0 Å². The van der Waals surface area contributed by atoms with Gasteiger partial charge in [0.1, 0.15) is 10.6 Å². The van der Waals surface area contributed by atoms with Crippen LogP contribution in [0.25, 0.3) is 0 Å². The van der Waals surface area contributed by atoms with Crippen molar-refractivity contribution < 1.29 is 9.94 Å². The molecule has 1 fully saturated rings. The van der Waals surface area contributed by atoms with Gasteiger partial charge in [0.05, 0.1) is 24.8 Å². The van der Waals surface area contributed by atoms with Crippen molar-refractivity contribution in [2.45, 2.75) is 97.2 Å². The molecule has 1 aliphatic rings. The number of nitrogens with zero attached hydrogens (tertiary/aromatic N) is 1. The van der Waals surface area contributed by atoms with Crippen LogP contribution in [0.5, 0.6) is 0 Å². The zero-order chi connectivity index (χ0) is 24.2. The van der Waals surface area contributed by atoms with Gasteiger partial charge in [0.2, 0.25) is 0 Å². The summed E-state index contributed by atoms with van der Waals surface area (Å²) in [6.45, 7) is 15.7. The van der Waals surface area contributed by atoms with Crippen LogP contribution in [0.2, 0.25) is 0 Å². The van der Waals surface area contributed by atoms with Crippen LogP contribution >= 0.6 is 15.9 Å². The van der Waals surface area contributed by atoms with E-state index in [-0.39, 0.29) is 23.3 Å². The lowest BCUT2D eigenvalue weighted by atomic mass is 9.80. The largest absolute Gasteiger partial charge is 0.375 e. The number of hydrogen-bond acceptors (Lipinski definition) is 3. The van der Waals surface area contributed by atoms with Gasteiger partial charge in [-0.1, -0.05) is 36.4 Å². The van der Waals surface area contributed by atoms with E-state index in [0.29, 0.717) is 5.66 Å². The van der Waals surface area contributed by atoms with E-state index in [2.05, 4.69) is 125 Å². The van der Waals surface area contributed by atoms with Crippen molar-refractivity contribution in [2.75, 3.05) is 0 Å². The maximum Gasteiger partial charge on any atom is 0.101 e.